The number of nitriles is 1. The normalized spacial score (nSPS) is 25.9. The fourth-order valence-corrected chi connectivity index (χ4v) is 4.56. The summed E-state index contributed by atoms with van der Waals surface area (Å²) in [6.07, 6.45) is 4.16. The zero-order valence-electron chi connectivity index (χ0n) is 14.1. The Bertz CT molecular complexity index is 859. The van der Waals surface area contributed by atoms with E-state index in [4.69, 9.17) is 4.74 Å². The van der Waals surface area contributed by atoms with Crippen molar-refractivity contribution in [3.05, 3.63) is 82.9 Å². The molecule has 5 rings (SSSR count). The molecule has 0 saturated carbocycles. The van der Waals surface area contributed by atoms with Crippen molar-refractivity contribution < 1.29 is 9.53 Å². The lowest BCUT2D eigenvalue weighted by Crippen LogP contribution is -2.45. The zero-order valence-corrected chi connectivity index (χ0v) is 14.1. The second-order valence-corrected chi connectivity index (χ2v) is 6.60. The molecule has 0 amide bonds. The quantitative estimate of drug-likeness (QED) is 0.630. The maximum atomic E-state index is 12.0. The van der Waals surface area contributed by atoms with Crippen LogP contribution in [0, 0.1) is 17.2 Å². The summed E-state index contributed by atoms with van der Waals surface area (Å²) in [6, 6.07) is 19.1. The predicted octanol–water partition coefficient (Wildman–Crippen LogP) is 4.08. The lowest BCUT2D eigenvalue weighted by atomic mass is 9.51. The van der Waals surface area contributed by atoms with Crippen LogP contribution in [0.2, 0.25) is 0 Å². The predicted molar refractivity (Wildman–Crippen MR) is 95.0 cm³/mol. The summed E-state index contributed by atoms with van der Waals surface area (Å²) in [5, 5.41) is 9.90. The van der Waals surface area contributed by atoms with Crippen LogP contribution in [0.5, 0.6) is 0 Å². The number of allylic oxidation sites excluding steroid dienone is 1. The summed E-state index contributed by atoms with van der Waals surface area (Å²) in [6.45, 7) is 2.13. The van der Waals surface area contributed by atoms with E-state index >= 15 is 0 Å². The molecular weight excluding hydrogens is 310 g/mol. The van der Waals surface area contributed by atoms with Gasteiger partial charge in [-0.3, -0.25) is 0 Å². The number of hydrogen-bond donors (Lipinski definition) is 0. The van der Waals surface area contributed by atoms with Gasteiger partial charge in [-0.05, 0) is 35.6 Å². The van der Waals surface area contributed by atoms with Crippen LogP contribution in [0.25, 0.3) is 0 Å². The summed E-state index contributed by atoms with van der Waals surface area (Å²) < 4.78 is 5.07. The number of esters is 1. The molecule has 25 heavy (non-hydrogen) atoms. The SMILES string of the molecule is CCOC(=O)/C=C/C12c3ccccc3C(CC1C#N)c1ccccc12. The van der Waals surface area contributed by atoms with Crippen molar-refractivity contribution >= 4 is 5.97 Å². The van der Waals surface area contributed by atoms with Gasteiger partial charge in [0.05, 0.1) is 24.0 Å². The monoisotopic (exact) mass is 329 g/mol. The van der Waals surface area contributed by atoms with Gasteiger partial charge in [-0.25, -0.2) is 4.79 Å². The number of nitrogens with zero attached hydrogens (tertiary/aromatic N) is 1. The Labute approximate surface area is 147 Å². The van der Waals surface area contributed by atoms with Gasteiger partial charge in [0.15, 0.2) is 0 Å². The maximum Gasteiger partial charge on any atom is 0.330 e. The Balaban J connectivity index is 1.98. The Kier molecular flexibility index (Phi) is 3.69. The standard InChI is InChI=1S/C22H19NO2/c1-2-25-21(24)11-12-22-15(14-23)13-18(16-7-3-5-9-19(16)22)17-8-4-6-10-20(17)22/h3-12,15,18H,2,13H2,1H3/b12-11+. The van der Waals surface area contributed by atoms with E-state index in [0.29, 0.717) is 6.61 Å². The number of carbonyl (C=O) groups excluding carboxylic acids is 1. The highest BCUT2D eigenvalue weighted by Gasteiger charge is 2.53. The molecule has 0 N–H and O–H groups in total. The van der Waals surface area contributed by atoms with E-state index in [0.717, 1.165) is 17.5 Å². The molecule has 0 aromatic heterocycles. The van der Waals surface area contributed by atoms with Crippen LogP contribution in [0.3, 0.4) is 0 Å². The minimum atomic E-state index is -0.594. The number of carbonyl (C=O) groups is 1. The zero-order chi connectivity index (χ0) is 17.4. The molecule has 0 saturated heterocycles. The summed E-state index contributed by atoms with van der Waals surface area (Å²) >= 11 is 0. The average molecular weight is 329 g/mol. The molecule has 1 atom stereocenters. The van der Waals surface area contributed by atoms with Crippen molar-refractivity contribution in [2.45, 2.75) is 24.7 Å². The van der Waals surface area contributed by atoms with Gasteiger partial charge in [0.1, 0.15) is 0 Å². The third kappa shape index (κ3) is 2.14. The smallest absolute Gasteiger partial charge is 0.330 e. The molecule has 0 aliphatic heterocycles. The summed E-state index contributed by atoms with van der Waals surface area (Å²) in [5.74, 6) is -0.320. The first-order valence-electron chi connectivity index (χ1n) is 8.66. The van der Waals surface area contributed by atoms with Crippen LogP contribution in [0.4, 0.5) is 0 Å². The van der Waals surface area contributed by atoms with E-state index in [9.17, 15) is 10.1 Å². The highest BCUT2D eigenvalue weighted by Crippen LogP contribution is 2.59. The van der Waals surface area contributed by atoms with Crippen LogP contribution in [-0.2, 0) is 14.9 Å². The number of ether oxygens (including phenoxy) is 1. The van der Waals surface area contributed by atoms with Crippen molar-refractivity contribution in [3.63, 3.8) is 0 Å². The molecule has 0 heterocycles. The molecule has 0 radical (unpaired) electrons. The van der Waals surface area contributed by atoms with Gasteiger partial charge in [0.25, 0.3) is 0 Å². The topological polar surface area (TPSA) is 50.1 Å². The minimum absolute atomic E-state index is 0.201. The highest BCUT2D eigenvalue weighted by molar-refractivity contribution is 5.83. The van der Waals surface area contributed by atoms with Gasteiger partial charge in [-0.2, -0.15) is 5.26 Å². The molecule has 3 aliphatic rings. The first-order valence-corrected chi connectivity index (χ1v) is 8.66. The lowest BCUT2D eigenvalue weighted by molar-refractivity contribution is -0.137. The van der Waals surface area contributed by atoms with Crippen molar-refractivity contribution in [2.75, 3.05) is 6.61 Å². The van der Waals surface area contributed by atoms with Gasteiger partial charge in [0.2, 0.25) is 0 Å². The van der Waals surface area contributed by atoms with E-state index < -0.39 is 5.41 Å². The number of hydrogen-bond acceptors (Lipinski definition) is 3. The fourth-order valence-electron chi connectivity index (χ4n) is 4.56. The largest absolute Gasteiger partial charge is 0.463 e. The van der Waals surface area contributed by atoms with E-state index in [-0.39, 0.29) is 17.8 Å². The third-order valence-electron chi connectivity index (χ3n) is 5.51. The molecular formula is C22H19NO2. The second kappa shape index (κ2) is 5.89. The van der Waals surface area contributed by atoms with Crippen LogP contribution < -0.4 is 0 Å². The van der Waals surface area contributed by atoms with Crippen molar-refractivity contribution in [2.24, 2.45) is 5.92 Å². The van der Waals surface area contributed by atoms with E-state index in [2.05, 4.69) is 30.3 Å². The first-order chi connectivity index (χ1) is 12.2. The van der Waals surface area contributed by atoms with Crippen molar-refractivity contribution in [1.29, 1.82) is 5.26 Å². The molecule has 2 aromatic carbocycles. The highest BCUT2D eigenvalue weighted by atomic mass is 16.5. The number of rotatable bonds is 3. The molecule has 3 heteroatoms. The Morgan fingerprint density at radius 1 is 1.20 bits per heavy atom. The van der Waals surface area contributed by atoms with Crippen molar-refractivity contribution in [1.82, 2.24) is 0 Å². The second-order valence-electron chi connectivity index (χ2n) is 6.60. The summed E-state index contributed by atoms with van der Waals surface area (Å²) in [7, 11) is 0. The van der Waals surface area contributed by atoms with Crippen LogP contribution in [0.1, 0.15) is 41.5 Å². The lowest BCUT2D eigenvalue weighted by Gasteiger charge is -2.50. The Morgan fingerprint density at radius 3 is 2.36 bits per heavy atom. The molecule has 3 nitrogen and oxygen atoms in total. The van der Waals surface area contributed by atoms with Crippen LogP contribution in [0.15, 0.2) is 60.7 Å². The fraction of sp³-hybridized carbons (Fsp3) is 0.273. The van der Waals surface area contributed by atoms with Crippen molar-refractivity contribution in [3.8, 4) is 6.07 Å². The Morgan fingerprint density at radius 2 is 1.80 bits per heavy atom. The molecule has 3 aliphatic carbocycles. The van der Waals surface area contributed by atoms with Gasteiger partial charge in [-0.15, -0.1) is 0 Å². The number of benzene rings is 2. The van der Waals surface area contributed by atoms with Gasteiger partial charge >= 0.3 is 5.97 Å². The van der Waals surface area contributed by atoms with Gasteiger partial charge in [0, 0.05) is 12.0 Å². The van der Waals surface area contributed by atoms with E-state index in [1.54, 1.807) is 6.92 Å². The van der Waals surface area contributed by atoms with E-state index in [1.807, 2.05) is 30.3 Å². The summed E-state index contributed by atoms with van der Waals surface area (Å²) in [4.78, 5) is 12.0. The average Bonchev–Trinajstić information content (AvgIpc) is 2.67. The molecule has 124 valence electrons. The molecule has 1 unspecified atom stereocenters. The van der Waals surface area contributed by atoms with Crippen LogP contribution >= 0.6 is 0 Å². The van der Waals surface area contributed by atoms with Gasteiger partial charge in [-0.1, -0.05) is 54.6 Å². The Hall–Kier alpha value is -2.86. The van der Waals surface area contributed by atoms with E-state index in [1.165, 1.54) is 17.2 Å². The van der Waals surface area contributed by atoms with Crippen LogP contribution in [-0.4, -0.2) is 12.6 Å². The minimum Gasteiger partial charge on any atom is -0.463 e. The molecule has 2 aromatic rings. The summed E-state index contributed by atoms with van der Waals surface area (Å²) in [5.41, 5.74) is 4.21. The first kappa shape index (κ1) is 15.7. The maximum absolute atomic E-state index is 12.0. The molecule has 2 bridgehead atoms. The molecule has 0 fully saturated rings. The number of fused-ring (bicyclic) bond motifs is 1. The third-order valence-corrected chi connectivity index (χ3v) is 5.51. The van der Waals surface area contributed by atoms with Gasteiger partial charge < -0.3 is 4.74 Å². The molecule has 0 spiro atoms.